The lowest BCUT2D eigenvalue weighted by molar-refractivity contribution is 0.0120. The van der Waals surface area contributed by atoms with Gasteiger partial charge >= 0.3 is 0 Å². The van der Waals surface area contributed by atoms with Crippen LogP contribution in [0.15, 0.2) is 23.0 Å². The average Bonchev–Trinajstić information content (AvgIpc) is 2.89. The molecule has 0 bridgehead atoms. The lowest BCUT2D eigenvalue weighted by Crippen LogP contribution is -2.43. The van der Waals surface area contributed by atoms with E-state index in [1.807, 2.05) is 4.90 Å². The molecule has 3 heterocycles. The molecule has 0 saturated carbocycles. The van der Waals surface area contributed by atoms with E-state index in [-0.39, 0.29) is 18.3 Å². The Hall–Kier alpha value is -1.89. The number of likely N-dealkylation sites (tertiary alicyclic amines) is 1. The molecule has 1 atom stereocenters. The van der Waals surface area contributed by atoms with Crippen molar-refractivity contribution < 1.29 is 13.3 Å². The van der Waals surface area contributed by atoms with Gasteiger partial charge in [-0.05, 0) is 32.4 Å². The fourth-order valence-corrected chi connectivity index (χ4v) is 2.66. The van der Waals surface area contributed by atoms with Crippen molar-refractivity contribution in [2.45, 2.75) is 32.0 Å². The molecule has 1 unspecified atom stereocenters. The fourth-order valence-electron chi connectivity index (χ4n) is 2.66. The van der Waals surface area contributed by atoms with Crippen molar-refractivity contribution in [1.82, 2.24) is 20.0 Å². The van der Waals surface area contributed by atoms with E-state index in [0.29, 0.717) is 37.3 Å². The van der Waals surface area contributed by atoms with Gasteiger partial charge in [0.15, 0.2) is 5.82 Å². The van der Waals surface area contributed by atoms with Crippen LogP contribution in [0.3, 0.4) is 0 Å². The van der Waals surface area contributed by atoms with Crippen LogP contribution in [0.4, 0.5) is 8.78 Å². The van der Waals surface area contributed by atoms with Crippen molar-refractivity contribution in [3.63, 3.8) is 0 Å². The van der Waals surface area contributed by atoms with Crippen molar-refractivity contribution >= 4 is 0 Å². The van der Waals surface area contributed by atoms with Gasteiger partial charge in [0.1, 0.15) is 5.82 Å². The smallest absolute Gasteiger partial charge is 0.265 e. The van der Waals surface area contributed by atoms with Gasteiger partial charge in [-0.25, -0.2) is 8.78 Å². The van der Waals surface area contributed by atoms with Crippen LogP contribution in [0, 0.1) is 12.7 Å². The largest absolute Gasteiger partial charge is 0.336 e. The van der Waals surface area contributed by atoms with E-state index in [0.717, 1.165) is 0 Å². The molecule has 1 saturated heterocycles. The molecule has 0 radical (unpaired) electrons. The molecule has 0 amide bonds. The minimum atomic E-state index is -1.66. The number of hydrogen-bond donors (Lipinski definition) is 0. The van der Waals surface area contributed by atoms with Crippen LogP contribution in [-0.2, 0) is 12.2 Å². The van der Waals surface area contributed by atoms with Gasteiger partial charge < -0.3 is 4.52 Å². The summed E-state index contributed by atoms with van der Waals surface area (Å²) < 4.78 is 33.6. The highest BCUT2D eigenvalue weighted by Crippen LogP contribution is 2.35. The Bertz CT molecular complexity index is 633. The van der Waals surface area contributed by atoms with E-state index in [1.165, 1.54) is 12.4 Å². The van der Waals surface area contributed by atoms with Crippen molar-refractivity contribution in [2.75, 3.05) is 13.1 Å². The molecular formula is C14H16F2N4O. The Morgan fingerprint density at radius 1 is 1.48 bits per heavy atom. The maximum atomic E-state index is 15.0. The Morgan fingerprint density at radius 3 is 3.05 bits per heavy atom. The maximum Gasteiger partial charge on any atom is 0.265 e. The Balaban J connectivity index is 1.75. The predicted octanol–water partition coefficient (Wildman–Crippen LogP) is 2.37. The molecule has 112 valence electrons. The minimum Gasteiger partial charge on any atom is -0.336 e. The highest BCUT2D eigenvalue weighted by Gasteiger charge is 2.42. The SMILES string of the molecule is Cc1noc(C2(F)CCCN(Cc3ccncc3F)C2)n1. The van der Waals surface area contributed by atoms with Crippen LogP contribution in [0.1, 0.15) is 30.1 Å². The summed E-state index contributed by atoms with van der Waals surface area (Å²) >= 11 is 0. The standard InChI is InChI=1S/C14H16F2N4O/c1-10-18-13(21-19-10)14(16)4-2-6-20(9-14)8-11-3-5-17-7-12(11)15/h3,5,7H,2,4,6,8-9H2,1H3. The summed E-state index contributed by atoms with van der Waals surface area (Å²) in [4.78, 5) is 9.58. The number of alkyl halides is 1. The number of aromatic nitrogens is 3. The summed E-state index contributed by atoms with van der Waals surface area (Å²) in [5.41, 5.74) is -1.15. The molecule has 1 fully saturated rings. The molecule has 7 heteroatoms. The lowest BCUT2D eigenvalue weighted by Gasteiger charge is -2.35. The normalized spacial score (nSPS) is 23.4. The highest BCUT2D eigenvalue weighted by molar-refractivity contribution is 5.13. The Kier molecular flexibility index (Phi) is 3.67. The molecule has 0 aromatic carbocycles. The second-order valence-corrected chi connectivity index (χ2v) is 5.39. The minimum absolute atomic E-state index is 0.0138. The zero-order valence-corrected chi connectivity index (χ0v) is 11.7. The van der Waals surface area contributed by atoms with E-state index in [9.17, 15) is 4.39 Å². The molecule has 21 heavy (non-hydrogen) atoms. The molecule has 0 N–H and O–H groups in total. The third-order valence-electron chi connectivity index (χ3n) is 3.68. The van der Waals surface area contributed by atoms with Gasteiger partial charge in [0.05, 0.1) is 6.20 Å². The van der Waals surface area contributed by atoms with Gasteiger partial charge in [0, 0.05) is 24.8 Å². The van der Waals surface area contributed by atoms with Crippen LogP contribution in [0.2, 0.25) is 0 Å². The zero-order chi connectivity index (χ0) is 14.9. The quantitative estimate of drug-likeness (QED) is 0.870. The highest BCUT2D eigenvalue weighted by atomic mass is 19.1. The first-order valence-corrected chi connectivity index (χ1v) is 6.87. The first kappa shape index (κ1) is 14.1. The predicted molar refractivity (Wildman–Crippen MR) is 70.5 cm³/mol. The summed E-state index contributed by atoms with van der Waals surface area (Å²) in [7, 11) is 0. The Labute approximate surface area is 121 Å². The number of pyridine rings is 1. The number of aryl methyl sites for hydroxylation is 1. The second kappa shape index (κ2) is 5.48. The zero-order valence-electron chi connectivity index (χ0n) is 11.7. The summed E-state index contributed by atoms with van der Waals surface area (Å²) in [6, 6.07) is 1.61. The summed E-state index contributed by atoms with van der Waals surface area (Å²) in [6.45, 7) is 2.83. The van der Waals surface area contributed by atoms with Crippen LogP contribution in [0.5, 0.6) is 0 Å². The molecular weight excluding hydrogens is 278 g/mol. The van der Waals surface area contributed by atoms with Crippen molar-refractivity contribution in [3.8, 4) is 0 Å². The monoisotopic (exact) mass is 294 g/mol. The number of piperidine rings is 1. The molecule has 2 aromatic heterocycles. The first-order chi connectivity index (χ1) is 10.1. The van der Waals surface area contributed by atoms with Crippen LogP contribution in [0.25, 0.3) is 0 Å². The molecule has 0 spiro atoms. The third kappa shape index (κ3) is 2.92. The maximum absolute atomic E-state index is 15.0. The topological polar surface area (TPSA) is 55.1 Å². The Morgan fingerprint density at radius 2 is 2.33 bits per heavy atom. The summed E-state index contributed by atoms with van der Waals surface area (Å²) in [5.74, 6) is 0.0559. The number of halogens is 2. The van der Waals surface area contributed by atoms with E-state index >= 15 is 4.39 Å². The van der Waals surface area contributed by atoms with Crippen LogP contribution >= 0.6 is 0 Å². The van der Waals surface area contributed by atoms with Gasteiger partial charge in [-0.1, -0.05) is 5.16 Å². The van der Waals surface area contributed by atoms with E-state index in [2.05, 4.69) is 15.1 Å². The van der Waals surface area contributed by atoms with Crippen molar-refractivity contribution in [3.05, 3.63) is 41.6 Å². The van der Waals surface area contributed by atoms with Crippen LogP contribution in [-0.4, -0.2) is 33.1 Å². The van der Waals surface area contributed by atoms with E-state index in [1.54, 1.807) is 13.0 Å². The van der Waals surface area contributed by atoms with Crippen LogP contribution < -0.4 is 0 Å². The van der Waals surface area contributed by atoms with Gasteiger partial charge in [0.25, 0.3) is 5.89 Å². The average molecular weight is 294 g/mol. The third-order valence-corrected chi connectivity index (χ3v) is 3.68. The molecule has 1 aliphatic rings. The van der Waals surface area contributed by atoms with E-state index in [4.69, 9.17) is 4.52 Å². The summed E-state index contributed by atoms with van der Waals surface area (Å²) in [5, 5.41) is 3.65. The van der Waals surface area contributed by atoms with Crippen molar-refractivity contribution in [1.29, 1.82) is 0 Å². The molecule has 5 nitrogen and oxygen atoms in total. The fraction of sp³-hybridized carbons (Fsp3) is 0.500. The lowest BCUT2D eigenvalue weighted by atomic mass is 9.94. The number of nitrogens with zero attached hydrogens (tertiary/aromatic N) is 4. The summed E-state index contributed by atoms with van der Waals surface area (Å²) in [6.07, 6.45) is 3.70. The molecule has 0 aliphatic carbocycles. The van der Waals surface area contributed by atoms with Gasteiger partial charge in [-0.2, -0.15) is 4.98 Å². The first-order valence-electron chi connectivity index (χ1n) is 6.87. The molecule has 3 rings (SSSR count). The molecule has 2 aromatic rings. The van der Waals surface area contributed by atoms with Gasteiger partial charge in [0.2, 0.25) is 5.67 Å². The van der Waals surface area contributed by atoms with Gasteiger partial charge in [-0.15, -0.1) is 0 Å². The second-order valence-electron chi connectivity index (χ2n) is 5.39. The number of hydrogen-bond acceptors (Lipinski definition) is 5. The van der Waals surface area contributed by atoms with Gasteiger partial charge in [-0.3, -0.25) is 9.88 Å². The number of rotatable bonds is 3. The van der Waals surface area contributed by atoms with Crippen molar-refractivity contribution in [2.24, 2.45) is 0 Å². The molecule has 1 aliphatic heterocycles. The van der Waals surface area contributed by atoms with E-state index < -0.39 is 5.67 Å².